The van der Waals surface area contributed by atoms with Gasteiger partial charge in [-0.15, -0.1) is 0 Å². The second-order valence-electron chi connectivity index (χ2n) is 8.09. The van der Waals surface area contributed by atoms with Gasteiger partial charge in [0.15, 0.2) is 5.82 Å². The Bertz CT molecular complexity index is 920. The third kappa shape index (κ3) is 3.98. The Kier molecular flexibility index (Phi) is 4.94. The highest BCUT2D eigenvalue weighted by atomic mass is 16.2. The van der Waals surface area contributed by atoms with Gasteiger partial charge in [-0.2, -0.15) is 5.10 Å². The highest BCUT2D eigenvalue weighted by Gasteiger charge is 2.28. The number of aromatic amines is 1. The second-order valence-corrected chi connectivity index (χ2v) is 8.09. The minimum atomic E-state index is 0.135. The molecule has 1 amide bonds. The van der Waals surface area contributed by atoms with Crippen LogP contribution in [0.15, 0.2) is 60.3 Å². The summed E-state index contributed by atoms with van der Waals surface area (Å²) in [7, 11) is 0. The van der Waals surface area contributed by atoms with Gasteiger partial charge < -0.3 is 9.80 Å². The predicted molar refractivity (Wildman–Crippen MR) is 114 cm³/mol. The molecule has 0 radical (unpaired) electrons. The van der Waals surface area contributed by atoms with Crippen LogP contribution in [0.4, 0.5) is 5.82 Å². The number of anilines is 1. The summed E-state index contributed by atoms with van der Waals surface area (Å²) in [6.45, 7) is 5.05. The zero-order valence-electron chi connectivity index (χ0n) is 16.6. The maximum Gasteiger partial charge on any atom is 0.253 e. The lowest BCUT2D eigenvalue weighted by Crippen LogP contribution is -2.50. The van der Waals surface area contributed by atoms with Crippen LogP contribution in [0.2, 0.25) is 0 Å². The summed E-state index contributed by atoms with van der Waals surface area (Å²) in [5, 5.41) is 7.79. The summed E-state index contributed by atoms with van der Waals surface area (Å²) in [5.41, 5.74) is 3.31. The minimum absolute atomic E-state index is 0.135. The molecule has 1 saturated heterocycles. The monoisotopic (exact) mass is 389 g/mol. The van der Waals surface area contributed by atoms with E-state index in [0.29, 0.717) is 5.92 Å². The van der Waals surface area contributed by atoms with Crippen LogP contribution in [0, 0.1) is 0 Å². The first-order valence-corrected chi connectivity index (χ1v) is 10.5. The van der Waals surface area contributed by atoms with Crippen LogP contribution >= 0.6 is 0 Å². The molecule has 3 aliphatic rings. The molecule has 29 heavy (non-hydrogen) atoms. The summed E-state index contributed by atoms with van der Waals surface area (Å²) in [4.78, 5) is 19.4. The summed E-state index contributed by atoms with van der Waals surface area (Å²) < 4.78 is 0. The zero-order chi connectivity index (χ0) is 19.6. The number of carbonyl (C=O) groups excluding carboxylic acids is 1. The van der Waals surface area contributed by atoms with Gasteiger partial charge in [0.25, 0.3) is 5.91 Å². The topological polar surface area (TPSA) is 55.5 Å². The molecular formula is C23H27N5O. The average molecular weight is 390 g/mol. The molecule has 3 heterocycles. The molecule has 5 rings (SSSR count). The van der Waals surface area contributed by atoms with Crippen molar-refractivity contribution in [1.82, 2.24) is 20.0 Å². The molecule has 2 aromatic rings. The Hall–Kier alpha value is -2.86. The third-order valence-electron chi connectivity index (χ3n) is 6.00. The van der Waals surface area contributed by atoms with Crippen LogP contribution in [-0.2, 0) is 0 Å². The lowest BCUT2D eigenvalue weighted by Gasteiger charge is -2.37. The number of rotatable bonds is 5. The van der Waals surface area contributed by atoms with E-state index in [1.165, 1.54) is 24.2 Å². The number of nitrogens with one attached hydrogen (secondary N) is 1. The van der Waals surface area contributed by atoms with Gasteiger partial charge in [-0.25, -0.2) is 0 Å². The molecular weight excluding hydrogens is 362 g/mol. The smallest absolute Gasteiger partial charge is 0.253 e. The Morgan fingerprint density at radius 2 is 1.90 bits per heavy atom. The fourth-order valence-corrected chi connectivity index (χ4v) is 4.10. The SMILES string of the molecule is O=C(c1ccccc1)N1CCN(CC2=CC=CCN2c2cc(C3CC3)[nH]n2)CC1. The van der Waals surface area contributed by atoms with Gasteiger partial charge in [0.2, 0.25) is 0 Å². The largest absolute Gasteiger partial charge is 0.336 e. The van der Waals surface area contributed by atoms with E-state index in [-0.39, 0.29) is 5.91 Å². The number of hydrogen-bond donors (Lipinski definition) is 1. The zero-order valence-corrected chi connectivity index (χ0v) is 16.6. The molecule has 0 spiro atoms. The van der Waals surface area contributed by atoms with Crippen molar-refractivity contribution >= 4 is 11.7 Å². The number of nitrogens with zero attached hydrogens (tertiary/aromatic N) is 4. The maximum atomic E-state index is 12.7. The van der Waals surface area contributed by atoms with Crippen molar-refractivity contribution in [1.29, 1.82) is 0 Å². The van der Waals surface area contributed by atoms with Crippen LogP contribution in [0.1, 0.15) is 34.8 Å². The van der Waals surface area contributed by atoms with E-state index < -0.39 is 0 Å². The van der Waals surface area contributed by atoms with Crippen LogP contribution in [0.5, 0.6) is 0 Å². The van der Waals surface area contributed by atoms with E-state index in [1.807, 2.05) is 35.2 Å². The van der Waals surface area contributed by atoms with Gasteiger partial charge in [0.1, 0.15) is 0 Å². The van der Waals surface area contributed by atoms with E-state index in [1.54, 1.807) is 0 Å². The molecule has 1 aliphatic carbocycles. The first-order valence-electron chi connectivity index (χ1n) is 10.5. The number of piperazine rings is 1. The molecule has 6 nitrogen and oxygen atoms in total. The molecule has 0 atom stereocenters. The summed E-state index contributed by atoms with van der Waals surface area (Å²) in [6.07, 6.45) is 9.05. The fraction of sp³-hybridized carbons (Fsp3) is 0.391. The highest BCUT2D eigenvalue weighted by molar-refractivity contribution is 5.94. The molecule has 1 saturated carbocycles. The van der Waals surface area contributed by atoms with Crippen molar-refractivity contribution in [3.8, 4) is 0 Å². The van der Waals surface area contributed by atoms with E-state index >= 15 is 0 Å². The van der Waals surface area contributed by atoms with Crippen molar-refractivity contribution in [2.75, 3.05) is 44.2 Å². The number of benzene rings is 1. The van der Waals surface area contributed by atoms with E-state index in [2.05, 4.69) is 44.3 Å². The standard InChI is InChI=1S/C23H27N5O/c29-23(19-6-2-1-3-7-19)27-14-12-26(13-15-27)17-20-8-4-5-11-28(20)22-16-21(24-25-22)18-9-10-18/h1-8,16,18H,9-15,17H2,(H,24,25). The minimum Gasteiger partial charge on any atom is -0.336 e. The lowest BCUT2D eigenvalue weighted by atomic mass is 10.1. The molecule has 2 fully saturated rings. The Morgan fingerprint density at radius 1 is 1.10 bits per heavy atom. The Morgan fingerprint density at radius 3 is 2.66 bits per heavy atom. The van der Waals surface area contributed by atoms with Crippen molar-refractivity contribution in [2.24, 2.45) is 0 Å². The molecule has 1 aromatic carbocycles. The molecule has 0 bridgehead atoms. The first-order chi connectivity index (χ1) is 14.3. The predicted octanol–water partition coefficient (Wildman–Crippen LogP) is 3.01. The van der Waals surface area contributed by atoms with Crippen LogP contribution < -0.4 is 4.90 Å². The lowest BCUT2D eigenvalue weighted by molar-refractivity contribution is 0.0647. The van der Waals surface area contributed by atoms with Gasteiger partial charge in [-0.05, 0) is 31.1 Å². The average Bonchev–Trinajstić information content (AvgIpc) is 3.52. The van der Waals surface area contributed by atoms with Crippen molar-refractivity contribution in [2.45, 2.75) is 18.8 Å². The van der Waals surface area contributed by atoms with Gasteiger partial charge in [-0.1, -0.05) is 30.4 Å². The van der Waals surface area contributed by atoms with Crippen LogP contribution in [0.3, 0.4) is 0 Å². The van der Waals surface area contributed by atoms with Gasteiger partial charge in [-0.3, -0.25) is 14.8 Å². The number of amides is 1. The summed E-state index contributed by atoms with van der Waals surface area (Å²) in [6, 6.07) is 11.8. The molecule has 6 heteroatoms. The molecule has 2 aliphatic heterocycles. The van der Waals surface area contributed by atoms with E-state index in [4.69, 9.17) is 0 Å². The number of H-pyrrole nitrogens is 1. The van der Waals surface area contributed by atoms with Gasteiger partial charge in [0, 0.05) is 68.2 Å². The molecule has 1 N–H and O–H groups in total. The quantitative estimate of drug-likeness (QED) is 0.854. The van der Waals surface area contributed by atoms with Crippen molar-refractivity contribution < 1.29 is 4.79 Å². The normalized spacial score (nSPS) is 20.1. The number of carbonyl (C=O) groups is 1. The number of aromatic nitrogens is 2. The van der Waals surface area contributed by atoms with Crippen LogP contribution in [-0.4, -0.2) is 65.2 Å². The van der Waals surface area contributed by atoms with Crippen molar-refractivity contribution in [3.63, 3.8) is 0 Å². The van der Waals surface area contributed by atoms with Gasteiger partial charge >= 0.3 is 0 Å². The summed E-state index contributed by atoms with van der Waals surface area (Å²) >= 11 is 0. The van der Waals surface area contributed by atoms with E-state index in [0.717, 1.165) is 50.6 Å². The highest BCUT2D eigenvalue weighted by Crippen LogP contribution is 2.40. The van der Waals surface area contributed by atoms with Gasteiger partial charge in [0.05, 0.1) is 0 Å². The fourth-order valence-electron chi connectivity index (χ4n) is 4.10. The molecule has 1 aromatic heterocycles. The Labute approximate surface area is 171 Å². The van der Waals surface area contributed by atoms with E-state index in [9.17, 15) is 4.79 Å². The van der Waals surface area contributed by atoms with Crippen molar-refractivity contribution in [3.05, 3.63) is 71.6 Å². The summed E-state index contributed by atoms with van der Waals surface area (Å²) in [5.74, 6) is 1.83. The van der Waals surface area contributed by atoms with Crippen LogP contribution in [0.25, 0.3) is 0 Å². The maximum absolute atomic E-state index is 12.7. The molecule has 150 valence electrons. The second kappa shape index (κ2) is 7.87. The third-order valence-corrected chi connectivity index (χ3v) is 6.00. The first kappa shape index (κ1) is 18.2. The Balaban J connectivity index is 1.20. The molecule has 0 unspecified atom stereocenters. The number of hydrogen-bond acceptors (Lipinski definition) is 4. The number of allylic oxidation sites excluding steroid dienone is 2.